The van der Waals surface area contributed by atoms with Gasteiger partial charge in [-0.25, -0.2) is 4.79 Å². The molecule has 112 valence electrons. The standard InChI is InChI=1S/C16H21N3O2/c1-19(2)6-5-12-9-17-15-4-3-11(8-14(12)15)7-13-10-21-16(20)18-13/h3-4,8-9,13,17H,5-7,10H2,1-2H3,(H,18,20)/t13-/m0/s1/i5D2,6D2,7D2. The average Bonchev–Trinajstić information content (AvgIpc) is 3.20. The molecule has 0 saturated carbocycles. The predicted molar refractivity (Wildman–Crippen MR) is 82.5 cm³/mol. The second kappa shape index (κ2) is 5.77. The third-order valence-electron chi connectivity index (χ3n) is 3.11. The molecule has 2 heterocycles. The van der Waals surface area contributed by atoms with Crippen molar-refractivity contribution in [3.63, 3.8) is 0 Å². The zero-order valence-electron chi connectivity index (χ0n) is 17.9. The first kappa shape index (κ1) is 8.44. The molecule has 5 heteroatoms. The molecule has 0 bridgehead atoms. The molecule has 0 spiro atoms. The number of alkyl carbamates (subject to hydrolysis) is 1. The summed E-state index contributed by atoms with van der Waals surface area (Å²) in [5.74, 6) is 0. The fraction of sp³-hybridized carbons (Fsp3) is 0.438. The van der Waals surface area contributed by atoms with Crippen molar-refractivity contribution in [3.8, 4) is 0 Å². The molecule has 2 N–H and O–H groups in total. The average molecular weight is 293 g/mol. The van der Waals surface area contributed by atoms with Gasteiger partial charge < -0.3 is 19.9 Å². The van der Waals surface area contributed by atoms with Gasteiger partial charge in [-0.1, -0.05) is 6.07 Å². The van der Waals surface area contributed by atoms with E-state index in [1.54, 1.807) is 12.1 Å². The number of H-pyrrole nitrogens is 1. The van der Waals surface area contributed by atoms with Crippen molar-refractivity contribution in [1.29, 1.82) is 0 Å². The van der Waals surface area contributed by atoms with E-state index in [-0.39, 0.29) is 17.7 Å². The number of nitrogens with zero attached hydrogens (tertiary/aromatic N) is 1. The van der Waals surface area contributed by atoms with Gasteiger partial charge in [0.2, 0.25) is 0 Å². The smallest absolute Gasteiger partial charge is 0.407 e. The lowest BCUT2D eigenvalue weighted by molar-refractivity contribution is 0.177. The Balaban J connectivity index is 2.08. The molecule has 1 amide bonds. The van der Waals surface area contributed by atoms with Crippen LogP contribution in [0.2, 0.25) is 0 Å². The molecule has 0 unspecified atom stereocenters. The van der Waals surface area contributed by atoms with E-state index in [1.165, 1.54) is 31.3 Å². The first-order chi connectivity index (χ1) is 12.4. The minimum absolute atomic E-state index is 0.0977. The van der Waals surface area contributed by atoms with E-state index in [4.69, 9.17) is 13.0 Å². The van der Waals surface area contributed by atoms with Crippen molar-refractivity contribution in [2.75, 3.05) is 27.2 Å². The Hall–Kier alpha value is -2.01. The van der Waals surface area contributed by atoms with Crippen LogP contribution >= 0.6 is 0 Å². The maximum absolute atomic E-state index is 11.3. The normalized spacial score (nSPS) is 24.5. The van der Waals surface area contributed by atoms with Gasteiger partial charge in [-0.2, -0.15) is 0 Å². The second-order valence-electron chi connectivity index (χ2n) is 5.03. The molecule has 1 atom stereocenters. The number of fused-ring (bicyclic) bond motifs is 1. The van der Waals surface area contributed by atoms with E-state index < -0.39 is 31.4 Å². The molecular formula is C16H21N3O2. The van der Waals surface area contributed by atoms with E-state index in [1.807, 2.05) is 0 Å². The fourth-order valence-electron chi connectivity index (χ4n) is 2.15. The zero-order valence-corrected chi connectivity index (χ0v) is 11.9. The van der Waals surface area contributed by atoms with Gasteiger partial charge in [-0.05, 0) is 50.1 Å². The summed E-state index contributed by atoms with van der Waals surface area (Å²) in [6.07, 6.45) is -3.57. The first-order valence-corrected chi connectivity index (χ1v) is 6.62. The lowest BCUT2D eigenvalue weighted by atomic mass is 10.0. The molecule has 1 aliphatic rings. The van der Waals surface area contributed by atoms with Crippen LogP contribution in [0.3, 0.4) is 0 Å². The van der Waals surface area contributed by atoms with Crippen molar-refractivity contribution in [2.45, 2.75) is 18.8 Å². The Kier molecular flexibility index (Phi) is 2.32. The number of hydrogen-bond acceptors (Lipinski definition) is 3. The van der Waals surface area contributed by atoms with E-state index in [0.717, 1.165) is 0 Å². The highest BCUT2D eigenvalue weighted by atomic mass is 16.6. The van der Waals surface area contributed by atoms with Crippen LogP contribution in [0.5, 0.6) is 0 Å². The highest BCUT2D eigenvalue weighted by Gasteiger charge is 2.22. The number of nitrogens with one attached hydrogen (secondary N) is 2. The van der Waals surface area contributed by atoms with Gasteiger partial charge in [0, 0.05) is 31.8 Å². The van der Waals surface area contributed by atoms with Gasteiger partial charge in [0.05, 0.1) is 6.04 Å². The molecule has 1 saturated heterocycles. The Morgan fingerprint density at radius 3 is 3.05 bits per heavy atom. The number of cyclic esters (lactones) is 1. The summed E-state index contributed by atoms with van der Waals surface area (Å²) in [7, 11) is 2.92. The summed E-state index contributed by atoms with van der Waals surface area (Å²) in [4.78, 5) is 15.3. The zero-order chi connectivity index (χ0) is 20.2. The molecule has 1 aromatic carbocycles. The minimum atomic E-state index is -2.36. The quantitative estimate of drug-likeness (QED) is 0.885. The maximum atomic E-state index is 11.3. The van der Waals surface area contributed by atoms with Crippen molar-refractivity contribution < 1.29 is 17.8 Å². The molecule has 0 radical (unpaired) electrons. The SMILES string of the molecule is [2H]C([2H])(c1ccc2[nH]cc(C([2H])([2H])C([2H])([2H])N(C)C)c2c1)[C@H]1COC(=O)N1. The molecule has 1 aromatic heterocycles. The number of amides is 1. The van der Waals surface area contributed by atoms with Crippen LogP contribution in [0.25, 0.3) is 10.9 Å². The molecule has 5 nitrogen and oxygen atoms in total. The van der Waals surface area contributed by atoms with Crippen LogP contribution in [0.15, 0.2) is 24.4 Å². The number of aromatic nitrogens is 1. The number of rotatable bonds is 5. The van der Waals surface area contributed by atoms with Gasteiger partial charge in [-0.3, -0.25) is 0 Å². The van der Waals surface area contributed by atoms with E-state index >= 15 is 0 Å². The van der Waals surface area contributed by atoms with Crippen molar-refractivity contribution >= 4 is 17.0 Å². The van der Waals surface area contributed by atoms with Crippen molar-refractivity contribution in [1.82, 2.24) is 15.2 Å². The molecule has 1 aliphatic heterocycles. The fourth-order valence-corrected chi connectivity index (χ4v) is 2.15. The van der Waals surface area contributed by atoms with Crippen LogP contribution in [0.1, 0.15) is 19.4 Å². The molecule has 2 aromatic rings. The molecular weight excluding hydrogens is 266 g/mol. The number of aryl methyl sites for hydroxylation is 1. The summed E-state index contributed by atoms with van der Waals surface area (Å²) in [5.41, 5.74) is 0.906. The predicted octanol–water partition coefficient (Wildman–Crippen LogP) is 1.92. The Morgan fingerprint density at radius 2 is 2.33 bits per heavy atom. The van der Waals surface area contributed by atoms with Crippen LogP contribution in [0.4, 0.5) is 4.79 Å². The molecule has 21 heavy (non-hydrogen) atoms. The van der Waals surface area contributed by atoms with Gasteiger partial charge in [0.15, 0.2) is 0 Å². The monoisotopic (exact) mass is 293 g/mol. The van der Waals surface area contributed by atoms with Gasteiger partial charge in [-0.15, -0.1) is 0 Å². The summed E-state index contributed by atoms with van der Waals surface area (Å²) >= 11 is 0. The molecule has 0 aliphatic carbocycles. The summed E-state index contributed by atoms with van der Waals surface area (Å²) < 4.78 is 54.6. The lowest BCUT2D eigenvalue weighted by Gasteiger charge is -2.09. The topological polar surface area (TPSA) is 57.4 Å². The number of likely N-dealkylation sites (N-methyl/N-ethyl adjacent to an activating group) is 1. The van der Waals surface area contributed by atoms with Crippen molar-refractivity contribution in [2.24, 2.45) is 0 Å². The molecule has 1 fully saturated rings. The Morgan fingerprint density at radius 1 is 1.48 bits per heavy atom. The third-order valence-corrected chi connectivity index (χ3v) is 3.11. The lowest BCUT2D eigenvalue weighted by Crippen LogP contribution is -2.28. The van der Waals surface area contributed by atoms with E-state index in [0.29, 0.717) is 10.9 Å². The van der Waals surface area contributed by atoms with E-state index in [9.17, 15) is 4.79 Å². The minimum Gasteiger partial charge on any atom is -0.447 e. The van der Waals surface area contributed by atoms with Crippen LogP contribution in [-0.4, -0.2) is 49.2 Å². The summed E-state index contributed by atoms with van der Waals surface area (Å²) in [6, 6.07) is 3.80. The highest BCUT2D eigenvalue weighted by Crippen LogP contribution is 2.21. The maximum Gasteiger partial charge on any atom is 0.407 e. The van der Waals surface area contributed by atoms with Crippen LogP contribution in [0, 0.1) is 0 Å². The van der Waals surface area contributed by atoms with E-state index in [2.05, 4.69) is 10.3 Å². The summed E-state index contributed by atoms with van der Waals surface area (Å²) in [5, 5.41) is 2.82. The molecule has 3 rings (SSSR count). The number of carbonyl (C=O) groups is 1. The number of hydrogen-bond donors (Lipinski definition) is 2. The Bertz CT molecular complexity index is 880. The van der Waals surface area contributed by atoms with Gasteiger partial charge in [0.25, 0.3) is 0 Å². The highest BCUT2D eigenvalue weighted by molar-refractivity contribution is 5.84. The van der Waals surface area contributed by atoms with Crippen LogP contribution < -0.4 is 5.32 Å². The summed E-state index contributed by atoms with van der Waals surface area (Å²) in [6.45, 7) is -2.39. The van der Waals surface area contributed by atoms with Crippen LogP contribution in [-0.2, 0) is 17.5 Å². The van der Waals surface area contributed by atoms with Gasteiger partial charge >= 0.3 is 6.09 Å². The third kappa shape index (κ3) is 3.19. The Labute approximate surface area is 132 Å². The first-order valence-electron chi connectivity index (χ1n) is 9.62. The largest absolute Gasteiger partial charge is 0.447 e. The van der Waals surface area contributed by atoms with Gasteiger partial charge in [0.1, 0.15) is 6.61 Å². The number of carbonyl (C=O) groups excluding carboxylic acids is 1. The van der Waals surface area contributed by atoms with Crippen molar-refractivity contribution in [3.05, 3.63) is 35.5 Å². The number of aromatic amines is 1. The number of ether oxygens (including phenoxy) is 1. The second-order valence-corrected chi connectivity index (χ2v) is 5.03. The number of benzene rings is 1.